The second-order valence-corrected chi connectivity index (χ2v) is 10.6. The van der Waals surface area contributed by atoms with Crippen LogP contribution in [0.5, 0.6) is 0 Å². The Hall–Kier alpha value is -3.25. The number of anilines is 1. The third-order valence-corrected chi connectivity index (χ3v) is 8.57. The van der Waals surface area contributed by atoms with Crippen molar-refractivity contribution in [2.24, 2.45) is 11.8 Å². The van der Waals surface area contributed by atoms with E-state index in [1.165, 1.54) is 4.90 Å². The third-order valence-electron chi connectivity index (χ3n) is 7.22. The molecule has 0 radical (unpaired) electrons. The maximum atomic E-state index is 13.9. The van der Waals surface area contributed by atoms with E-state index in [2.05, 4.69) is 40.2 Å². The summed E-state index contributed by atoms with van der Waals surface area (Å²) in [7, 11) is 0. The number of hydrogen-bond acceptors (Lipinski definition) is 4. The van der Waals surface area contributed by atoms with Gasteiger partial charge in [0.25, 0.3) is 0 Å². The van der Waals surface area contributed by atoms with Crippen molar-refractivity contribution in [1.29, 1.82) is 0 Å². The van der Waals surface area contributed by atoms with E-state index in [0.717, 1.165) is 22.3 Å². The van der Waals surface area contributed by atoms with Gasteiger partial charge in [0.05, 0.1) is 33.5 Å². The van der Waals surface area contributed by atoms with Crippen molar-refractivity contribution >= 4 is 39.4 Å². The Kier molecular flexibility index (Phi) is 4.62. The lowest BCUT2D eigenvalue weighted by molar-refractivity contribution is -0.122. The van der Waals surface area contributed by atoms with Crippen LogP contribution in [0.25, 0.3) is 0 Å². The number of rotatable bonds is 3. The van der Waals surface area contributed by atoms with Crippen LogP contribution in [-0.2, 0) is 18.7 Å². The normalized spacial score (nSPS) is 26.4. The molecule has 1 heterocycles. The fraction of sp³-hybridized carbons (Fsp3) is 0.250. The van der Waals surface area contributed by atoms with Crippen LogP contribution in [0.2, 0.25) is 0 Å². The van der Waals surface area contributed by atoms with Gasteiger partial charge in [0.1, 0.15) is 0 Å². The van der Waals surface area contributed by atoms with Gasteiger partial charge in [-0.25, -0.2) is 9.69 Å². The Morgan fingerprint density at radius 3 is 2.00 bits per heavy atom. The summed E-state index contributed by atoms with van der Waals surface area (Å²) in [6.45, 7) is 3.58. The summed E-state index contributed by atoms with van der Waals surface area (Å²) in [6, 6.07) is 22.7. The van der Waals surface area contributed by atoms with Gasteiger partial charge in [-0.05, 0) is 60.4 Å². The van der Waals surface area contributed by atoms with Crippen molar-refractivity contribution in [2.45, 2.75) is 30.2 Å². The summed E-state index contributed by atoms with van der Waals surface area (Å²) >= 11 is 4.00. The monoisotopic (exact) mass is 515 g/mol. The Bertz CT molecular complexity index is 1320. The van der Waals surface area contributed by atoms with Gasteiger partial charge in [-0.15, -0.1) is 0 Å². The highest BCUT2D eigenvalue weighted by Gasteiger charge is 2.67. The molecule has 0 saturated carbocycles. The van der Waals surface area contributed by atoms with E-state index in [1.54, 1.807) is 38.1 Å². The van der Waals surface area contributed by atoms with Gasteiger partial charge in [0, 0.05) is 5.92 Å². The van der Waals surface area contributed by atoms with E-state index in [0.29, 0.717) is 11.3 Å². The molecule has 0 spiro atoms. The SMILES string of the molecule is CC(C)OC(=O)c1ccc(N2C(=O)[C@@H]3[C@@H](C2=O)C2c4ccccc4C3(Br)c3ccccc32)cc1. The zero-order valence-corrected chi connectivity index (χ0v) is 20.3. The minimum absolute atomic E-state index is 0.182. The average Bonchev–Trinajstić information content (AvgIpc) is 3.10. The standard InChI is InChI=1S/C28H22BrNO4/c1-15(2)34-27(33)16-11-13-17(14-12-16)30-25(31)23-22-18-7-3-5-9-20(18)28(29,24(23)26(30)32)21-10-6-4-8-19(21)22/h3-15,22-24H,1-2H3/t22?,23-,24-,28?/m0/s1. The Morgan fingerprint density at radius 1 is 0.882 bits per heavy atom. The van der Waals surface area contributed by atoms with Crippen LogP contribution in [0.1, 0.15) is 52.4 Å². The minimum Gasteiger partial charge on any atom is -0.459 e. The molecular formula is C28H22BrNO4. The van der Waals surface area contributed by atoms with Crippen LogP contribution < -0.4 is 4.90 Å². The molecule has 170 valence electrons. The van der Waals surface area contributed by atoms with E-state index in [1.807, 2.05) is 24.3 Å². The fourth-order valence-corrected chi connectivity index (χ4v) is 7.17. The van der Waals surface area contributed by atoms with Crippen LogP contribution in [0.3, 0.4) is 0 Å². The lowest BCUT2D eigenvalue weighted by atomic mass is 9.55. The molecule has 1 aliphatic heterocycles. The maximum absolute atomic E-state index is 13.9. The molecule has 2 atom stereocenters. The molecule has 0 N–H and O–H groups in total. The molecule has 3 aromatic rings. The molecule has 0 aromatic heterocycles. The van der Waals surface area contributed by atoms with E-state index in [4.69, 9.17) is 4.74 Å². The summed E-state index contributed by atoms with van der Waals surface area (Å²) in [4.78, 5) is 41.3. The van der Waals surface area contributed by atoms with Crippen molar-refractivity contribution < 1.29 is 19.1 Å². The number of ether oxygens (including phenoxy) is 1. The number of carbonyl (C=O) groups is 3. The number of amides is 2. The molecule has 4 aliphatic rings. The molecule has 3 aliphatic carbocycles. The van der Waals surface area contributed by atoms with Crippen LogP contribution in [0, 0.1) is 11.8 Å². The lowest BCUT2D eigenvalue weighted by Gasteiger charge is -2.51. The summed E-state index contributed by atoms with van der Waals surface area (Å²) in [6.07, 6.45) is -0.231. The number of imide groups is 1. The molecule has 2 amide bonds. The molecule has 3 aromatic carbocycles. The molecule has 1 saturated heterocycles. The highest BCUT2D eigenvalue weighted by atomic mass is 79.9. The van der Waals surface area contributed by atoms with Crippen molar-refractivity contribution in [1.82, 2.24) is 0 Å². The topological polar surface area (TPSA) is 63.7 Å². The molecule has 34 heavy (non-hydrogen) atoms. The predicted octanol–water partition coefficient (Wildman–Crippen LogP) is 5.16. The quantitative estimate of drug-likeness (QED) is 0.274. The summed E-state index contributed by atoms with van der Waals surface area (Å²) in [5.41, 5.74) is 5.13. The Morgan fingerprint density at radius 2 is 1.44 bits per heavy atom. The van der Waals surface area contributed by atoms with Crippen LogP contribution in [0.15, 0.2) is 72.8 Å². The Balaban J connectivity index is 1.45. The van der Waals surface area contributed by atoms with Gasteiger partial charge in [-0.2, -0.15) is 0 Å². The maximum Gasteiger partial charge on any atom is 0.338 e. The van der Waals surface area contributed by atoms with E-state index in [-0.39, 0.29) is 23.8 Å². The number of hydrogen-bond donors (Lipinski definition) is 0. The molecule has 0 unspecified atom stereocenters. The van der Waals surface area contributed by atoms with Gasteiger partial charge in [0.15, 0.2) is 0 Å². The molecule has 2 bridgehead atoms. The highest BCUT2D eigenvalue weighted by molar-refractivity contribution is 9.09. The first-order valence-corrected chi connectivity index (χ1v) is 12.2. The average molecular weight is 516 g/mol. The van der Waals surface area contributed by atoms with Crippen LogP contribution in [0.4, 0.5) is 5.69 Å². The highest BCUT2D eigenvalue weighted by Crippen LogP contribution is 2.66. The molecule has 7 rings (SSSR count). The zero-order valence-electron chi connectivity index (χ0n) is 18.7. The number of nitrogens with zero attached hydrogens (tertiary/aromatic N) is 1. The van der Waals surface area contributed by atoms with Crippen molar-refractivity contribution in [3.05, 3.63) is 101 Å². The minimum atomic E-state index is -0.776. The van der Waals surface area contributed by atoms with E-state index >= 15 is 0 Å². The molecule has 5 nitrogen and oxygen atoms in total. The van der Waals surface area contributed by atoms with Gasteiger partial charge in [-0.3, -0.25) is 9.59 Å². The first kappa shape index (κ1) is 21.3. The number of esters is 1. The zero-order chi connectivity index (χ0) is 23.8. The fourth-order valence-electron chi connectivity index (χ4n) is 5.96. The summed E-state index contributed by atoms with van der Waals surface area (Å²) < 4.78 is 4.47. The molecule has 1 fully saturated rings. The van der Waals surface area contributed by atoms with E-state index in [9.17, 15) is 14.4 Å². The van der Waals surface area contributed by atoms with Gasteiger partial charge >= 0.3 is 5.97 Å². The number of carbonyl (C=O) groups excluding carboxylic acids is 3. The third kappa shape index (κ3) is 2.69. The predicted molar refractivity (Wildman–Crippen MR) is 131 cm³/mol. The van der Waals surface area contributed by atoms with Crippen LogP contribution in [-0.4, -0.2) is 23.9 Å². The summed E-state index contributed by atoms with van der Waals surface area (Å²) in [5.74, 6) is -2.09. The molecular weight excluding hydrogens is 494 g/mol. The van der Waals surface area contributed by atoms with Gasteiger partial charge in [0.2, 0.25) is 11.8 Å². The van der Waals surface area contributed by atoms with Crippen molar-refractivity contribution in [2.75, 3.05) is 4.90 Å². The number of halogens is 1. The number of alkyl halides is 1. The number of benzene rings is 3. The van der Waals surface area contributed by atoms with Crippen molar-refractivity contribution in [3.8, 4) is 0 Å². The second kappa shape index (κ2) is 7.37. The van der Waals surface area contributed by atoms with Gasteiger partial charge < -0.3 is 4.74 Å². The second-order valence-electron chi connectivity index (χ2n) is 9.38. The smallest absolute Gasteiger partial charge is 0.338 e. The molecule has 6 heteroatoms. The van der Waals surface area contributed by atoms with Crippen molar-refractivity contribution in [3.63, 3.8) is 0 Å². The lowest BCUT2D eigenvalue weighted by Crippen LogP contribution is -2.50. The first-order valence-electron chi connectivity index (χ1n) is 11.4. The Labute approximate surface area is 205 Å². The van der Waals surface area contributed by atoms with E-state index < -0.39 is 22.1 Å². The summed E-state index contributed by atoms with van der Waals surface area (Å²) in [5, 5.41) is 0. The first-order chi connectivity index (χ1) is 16.3. The van der Waals surface area contributed by atoms with Gasteiger partial charge in [-0.1, -0.05) is 64.5 Å². The van der Waals surface area contributed by atoms with Crippen LogP contribution >= 0.6 is 15.9 Å². The largest absolute Gasteiger partial charge is 0.459 e.